The van der Waals surface area contributed by atoms with E-state index in [-0.39, 0.29) is 12.3 Å². The SMILES string of the molecule is CCOc1ccc(NC(=O)[C@@H](C)OC(=O)CCc2c(C)nc(SC)nc2C)cc1. The summed E-state index contributed by atoms with van der Waals surface area (Å²) in [4.78, 5) is 33.3. The summed E-state index contributed by atoms with van der Waals surface area (Å²) in [6.45, 7) is 7.84. The van der Waals surface area contributed by atoms with Crippen LogP contribution in [0.25, 0.3) is 0 Å². The van der Waals surface area contributed by atoms with Crippen molar-refractivity contribution in [3.63, 3.8) is 0 Å². The number of nitrogens with one attached hydrogen (secondary N) is 1. The van der Waals surface area contributed by atoms with Gasteiger partial charge in [-0.1, -0.05) is 11.8 Å². The van der Waals surface area contributed by atoms with Crippen molar-refractivity contribution in [2.75, 3.05) is 18.2 Å². The maximum atomic E-state index is 12.3. The molecule has 0 radical (unpaired) electrons. The highest BCUT2D eigenvalue weighted by Gasteiger charge is 2.19. The third-order valence-electron chi connectivity index (χ3n) is 4.27. The molecule has 1 heterocycles. The quantitative estimate of drug-likeness (QED) is 0.378. The molecule has 1 atom stereocenters. The number of aryl methyl sites for hydroxylation is 2. The molecule has 1 amide bonds. The zero-order chi connectivity index (χ0) is 21.4. The van der Waals surface area contributed by atoms with Gasteiger partial charge in [0, 0.05) is 23.5 Å². The van der Waals surface area contributed by atoms with Crippen molar-refractivity contribution in [3.05, 3.63) is 41.2 Å². The number of aromatic nitrogens is 2. The van der Waals surface area contributed by atoms with Gasteiger partial charge in [0.15, 0.2) is 11.3 Å². The van der Waals surface area contributed by atoms with Crippen molar-refractivity contribution in [3.8, 4) is 5.75 Å². The van der Waals surface area contributed by atoms with Crippen LogP contribution in [-0.2, 0) is 20.7 Å². The van der Waals surface area contributed by atoms with Crippen LogP contribution in [0.2, 0.25) is 0 Å². The molecule has 0 fully saturated rings. The molecule has 2 rings (SSSR count). The third-order valence-corrected chi connectivity index (χ3v) is 4.82. The van der Waals surface area contributed by atoms with E-state index in [9.17, 15) is 9.59 Å². The molecule has 0 aliphatic rings. The Bertz CT molecular complexity index is 832. The minimum Gasteiger partial charge on any atom is -0.494 e. The van der Waals surface area contributed by atoms with E-state index in [1.807, 2.05) is 27.0 Å². The van der Waals surface area contributed by atoms with Crippen LogP contribution >= 0.6 is 11.8 Å². The van der Waals surface area contributed by atoms with Gasteiger partial charge >= 0.3 is 5.97 Å². The number of rotatable bonds is 9. The smallest absolute Gasteiger partial charge is 0.306 e. The number of ether oxygens (including phenoxy) is 2. The fraction of sp³-hybridized carbons (Fsp3) is 0.429. The van der Waals surface area contributed by atoms with E-state index < -0.39 is 12.1 Å². The molecule has 0 bridgehead atoms. The van der Waals surface area contributed by atoms with E-state index in [2.05, 4.69) is 15.3 Å². The van der Waals surface area contributed by atoms with E-state index in [1.165, 1.54) is 11.8 Å². The molecule has 0 unspecified atom stereocenters. The number of thioether (sulfide) groups is 1. The van der Waals surface area contributed by atoms with Crippen molar-refractivity contribution in [2.45, 2.75) is 51.8 Å². The Balaban J connectivity index is 1.86. The first kappa shape index (κ1) is 22.7. The van der Waals surface area contributed by atoms with Gasteiger partial charge in [-0.2, -0.15) is 0 Å². The number of hydrogen-bond donors (Lipinski definition) is 1. The van der Waals surface area contributed by atoms with Gasteiger partial charge in [-0.15, -0.1) is 0 Å². The number of carbonyl (C=O) groups excluding carboxylic acids is 2. The fourth-order valence-corrected chi connectivity index (χ4v) is 3.20. The molecular weight excluding hydrogens is 390 g/mol. The first-order valence-corrected chi connectivity index (χ1v) is 10.7. The standard InChI is InChI=1S/C21H27N3O4S/c1-6-27-17-9-7-16(8-10-17)24-20(26)15(4)28-19(25)12-11-18-13(2)22-21(29-5)23-14(18)3/h7-10,15H,6,11-12H2,1-5H3,(H,24,26)/t15-/m1/s1. The molecule has 156 valence electrons. The molecule has 1 aromatic heterocycles. The first-order chi connectivity index (χ1) is 13.8. The summed E-state index contributed by atoms with van der Waals surface area (Å²) in [6, 6.07) is 7.01. The summed E-state index contributed by atoms with van der Waals surface area (Å²) >= 11 is 1.48. The van der Waals surface area contributed by atoms with Gasteiger partial charge < -0.3 is 14.8 Å². The summed E-state index contributed by atoms with van der Waals surface area (Å²) in [7, 11) is 0. The third kappa shape index (κ3) is 6.74. The van der Waals surface area contributed by atoms with E-state index in [4.69, 9.17) is 9.47 Å². The van der Waals surface area contributed by atoms with Crippen LogP contribution in [-0.4, -0.2) is 40.8 Å². The highest BCUT2D eigenvalue weighted by molar-refractivity contribution is 7.98. The van der Waals surface area contributed by atoms with Gasteiger partial charge in [0.2, 0.25) is 0 Å². The van der Waals surface area contributed by atoms with E-state index in [0.29, 0.717) is 23.9 Å². The van der Waals surface area contributed by atoms with Gasteiger partial charge in [0.25, 0.3) is 5.91 Å². The van der Waals surface area contributed by atoms with E-state index in [0.717, 1.165) is 22.7 Å². The number of anilines is 1. The highest BCUT2D eigenvalue weighted by atomic mass is 32.2. The number of nitrogens with zero attached hydrogens (tertiary/aromatic N) is 2. The predicted octanol–water partition coefficient (Wildman–Crippen LogP) is 3.72. The molecule has 0 aliphatic heterocycles. The molecular formula is C21H27N3O4S. The first-order valence-electron chi connectivity index (χ1n) is 9.45. The van der Waals surface area contributed by atoms with Crippen LogP contribution in [0.3, 0.4) is 0 Å². The Morgan fingerprint density at radius 1 is 1.14 bits per heavy atom. The van der Waals surface area contributed by atoms with Crippen LogP contribution < -0.4 is 10.1 Å². The van der Waals surface area contributed by atoms with Gasteiger partial charge in [0.1, 0.15) is 5.75 Å². The van der Waals surface area contributed by atoms with Gasteiger partial charge in [-0.3, -0.25) is 9.59 Å². The lowest BCUT2D eigenvalue weighted by molar-refractivity contribution is -0.153. The molecule has 7 nitrogen and oxygen atoms in total. The van der Waals surface area contributed by atoms with E-state index in [1.54, 1.807) is 31.2 Å². The zero-order valence-electron chi connectivity index (χ0n) is 17.4. The summed E-state index contributed by atoms with van der Waals surface area (Å²) < 4.78 is 10.6. The lowest BCUT2D eigenvalue weighted by Gasteiger charge is -2.14. The Labute approximate surface area is 175 Å². The fourth-order valence-electron chi connectivity index (χ4n) is 2.74. The zero-order valence-corrected chi connectivity index (χ0v) is 18.3. The van der Waals surface area contributed by atoms with Gasteiger partial charge in [0.05, 0.1) is 6.61 Å². The van der Waals surface area contributed by atoms with Crippen molar-refractivity contribution < 1.29 is 19.1 Å². The lowest BCUT2D eigenvalue weighted by atomic mass is 10.1. The summed E-state index contributed by atoms with van der Waals surface area (Å²) in [5.41, 5.74) is 3.26. The molecule has 29 heavy (non-hydrogen) atoms. The second-order valence-electron chi connectivity index (χ2n) is 6.44. The normalized spacial score (nSPS) is 11.6. The second kappa shape index (κ2) is 10.8. The Hall–Kier alpha value is -2.61. The number of esters is 1. The number of amides is 1. The molecule has 0 saturated carbocycles. The highest BCUT2D eigenvalue weighted by Crippen LogP contribution is 2.18. The molecule has 0 aliphatic carbocycles. The topological polar surface area (TPSA) is 90.4 Å². The minimum atomic E-state index is -0.897. The lowest BCUT2D eigenvalue weighted by Crippen LogP contribution is -2.30. The molecule has 1 N–H and O–H groups in total. The van der Waals surface area contributed by atoms with Crippen molar-refractivity contribution in [1.82, 2.24) is 9.97 Å². The monoisotopic (exact) mass is 417 g/mol. The largest absolute Gasteiger partial charge is 0.494 e. The maximum Gasteiger partial charge on any atom is 0.306 e. The van der Waals surface area contributed by atoms with Gasteiger partial charge in [-0.05, 0) is 70.2 Å². The maximum absolute atomic E-state index is 12.3. The predicted molar refractivity (Wildman–Crippen MR) is 113 cm³/mol. The number of carbonyl (C=O) groups is 2. The van der Waals surface area contributed by atoms with Crippen LogP contribution in [0, 0.1) is 13.8 Å². The molecule has 2 aromatic rings. The number of benzene rings is 1. The van der Waals surface area contributed by atoms with Crippen LogP contribution in [0.15, 0.2) is 29.4 Å². The minimum absolute atomic E-state index is 0.157. The summed E-state index contributed by atoms with van der Waals surface area (Å²) in [6.07, 6.45) is 1.65. The second-order valence-corrected chi connectivity index (χ2v) is 7.21. The van der Waals surface area contributed by atoms with E-state index >= 15 is 0 Å². The van der Waals surface area contributed by atoms with Crippen molar-refractivity contribution >= 4 is 29.3 Å². The molecule has 1 aromatic carbocycles. The Kier molecular flexibility index (Phi) is 8.45. The average Bonchev–Trinajstić information content (AvgIpc) is 2.68. The molecule has 0 spiro atoms. The summed E-state index contributed by atoms with van der Waals surface area (Å²) in [5.74, 6) is -0.0975. The van der Waals surface area contributed by atoms with Crippen molar-refractivity contribution in [2.24, 2.45) is 0 Å². The van der Waals surface area contributed by atoms with Gasteiger partial charge in [-0.25, -0.2) is 9.97 Å². The molecule has 0 saturated heterocycles. The number of hydrogen-bond acceptors (Lipinski definition) is 7. The van der Waals surface area contributed by atoms with Crippen LogP contribution in [0.4, 0.5) is 5.69 Å². The average molecular weight is 418 g/mol. The van der Waals surface area contributed by atoms with Crippen LogP contribution in [0.1, 0.15) is 37.2 Å². The summed E-state index contributed by atoms with van der Waals surface area (Å²) in [5, 5.41) is 3.44. The molecule has 8 heteroatoms. The Morgan fingerprint density at radius 3 is 2.31 bits per heavy atom. The van der Waals surface area contributed by atoms with Crippen LogP contribution in [0.5, 0.6) is 5.75 Å². The van der Waals surface area contributed by atoms with Crippen molar-refractivity contribution in [1.29, 1.82) is 0 Å². The Morgan fingerprint density at radius 2 is 1.76 bits per heavy atom.